The largest absolute Gasteiger partial charge is 0.493 e. The van der Waals surface area contributed by atoms with Crippen LogP contribution in [-0.2, 0) is 11.3 Å². The fourth-order valence-corrected chi connectivity index (χ4v) is 2.20. The van der Waals surface area contributed by atoms with Gasteiger partial charge in [-0.05, 0) is 30.7 Å². The van der Waals surface area contributed by atoms with Gasteiger partial charge in [0, 0.05) is 30.7 Å². The highest BCUT2D eigenvalue weighted by Crippen LogP contribution is 2.23. The number of carbonyl (C=O) groups excluding carboxylic acids is 1. The number of halogens is 1. The van der Waals surface area contributed by atoms with Gasteiger partial charge in [0.1, 0.15) is 5.75 Å². The summed E-state index contributed by atoms with van der Waals surface area (Å²) in [5.41, 5.74) is 1.10. The highest BCUT2D eigenvalue weighted by atomic mass is 79.9. The molecule has 0 spiro atoms. The van der Waals surface area contributed by atoms with Crippen LogP contribution in [0.15, 0.2) is 22.7 Å². The molecule has 0 aliphatic heterocycles. The number of benzene rings is 1. The van der Waals surface area contributed by atoms with Crippen LogP contribution >= 0.6 is 15.9 Å². The van der Waals surface area contributed by atoms with E-state index in [9.17, 15) is 4.79 Å². The van der Waals surface area contributed by atoms with Crippen LogP contribution in [0.3, 0.4) is 0 Å². The Balaban J connectivity index is 2.57. The van der Waals surface area contributed by atoms with E-state index in [-0.39, 0.29) is 5.91 Å². The molecule has 1 aromatic rings. The molecule has 0 bridgehead atoms. The van der Waals surface area contributed by atoms with Crippen LogP contribution in [0.5, 0.6) is 5.75 Å². The normalized spacial score (nSPS) is 10.8. The second kappa shape index (κ2) is 9.05. The molecule has 0 saturated carbocycles. The van der Waals surface area contributed by atoms with Crippen LogP contribution in [0.1, 0.15) is 25.8 Å². The summed E-state index contributed by atoms with van der Waals surface area (Å²) in [6.07, 6.45) is 0.391. The summed E-state index contributed by atoms with van der Waals surface area (Å²) < 4.78 is 6.79. The molecule has 1 N–H and O–H groups in total. The summed E-state index contributed by atoms with van der Waals surface area (Å²) in [4.78, 5) is 13.1. The number of rotatable bonds is 8. The molecule has 0 fully saturated rings. The van der Waals surface area contributed by atoms with Gasteiger partial charge < -0.3 is 15.0 Å². The zero-order valence-electron chi connectivity index (χ0n) is 13.3. The lowest BCUT2D eigenvalue weighted by molar-refractivity contribution is -0.129. The lowest BCUT2D eigenvalue weighted by Crippen LogP contribution is -2.23. The molecule has 1 aromatic carbocycles. The van der Waals surface area contributed by atoms with E-state index in [4.69, 9.17) is 4.74 Å². The zero-order valence-corrected chi connectivity index (χ0v) is 14.9. The number of amides is 1. The van der Waals surface area contributed by atoms with Crippen molar-refractivity contribution in [2.75, 3.05) is 27.2 Å². The monoisotopic (exact) mass is 356 g/mol. The van der Waals surface area contributed by atoms with Gasteiger partial charge in [0.2, 0.25) is 5.91 Å². The molecule has 4 nitrogen and oxygen atoms in total. The van der Waals surface area contributed by atoms with E-state index in [1.54, 1.807) is 19.0 Å². The lowest BCUT2D eigenvalue weighted by Gasteiger charge is -2.15. The van der Waals surface area contributed by atoms with E-state index < -0.39 is 0 Å². The van der Waals surface area contributed by atoms with Gasteiger partial charge in [0.25, 0.3) is 0 Å². The highest BCUT2D eigenvalue weighted by Gasteiger charge is 2.08. The number of hydrogen-bond acceptors (Lipinski definition) is 3. The number of nitrogens with zero attached hydrogens (tertiary/aromatic N) is 1. The predicted octanol–water partition coefficient (Wildman–Crippen LogP) is 3.05. The second-order valence-electron chi connectivity index (χ2n) is 5.66. The van der Waals surface area contributed by atoms with E-state index in [0.29, 0.717) is 18.9 Å². The Kier molecular flexibility index (Phi) is 7.75. The maximum absolute atomic E-state index is 11.5. The van der Waals surface area contributed by atoms with E-state index in [0.717, 1.165) is 28.9 Å². The second-order valence-corrected chi connectivity index (χ2v) is 6.58. The van der Waals surface area contributed by atoms with Crippen molar-refractivity contribution in [1.82, 2.24) is 10.2 Å². The van der Waals surface area contributed by atoms with E-state index >= 15 is 0 Å². The number of nitrogens with one attached hydrogen (secondary N) is 1. The predicted molar refractivity (Wildman–Crippen MR) is 89.5 cm³/mol. The van der Waals surface area contributed by atoms with Gasteiger partial charge in [-0.15, -0.1) is 0 Å². The number of ether oxygens (including phenoxy) is 1. The van der Waals surface area contributed by atoms with Crippen molar-refractivity contribution in [1.29, 1.82) is 0 Å². The first-order chi connectivity index (χ1) is 9.90. The van der Waals surface area contributed by atoms with Gasteiger partial charge in [0.05, 0.1) is 13.0 Å². The highest BCUT2D eigenvalue weighted by molar-refractivity contribution is 9.10. The number of hydrogen-bond donors (Lipinski definition) is 1. The minimum atomic E-state index is 0.0756. The molecule has 0 unspecified atom stereocenters. The fraction of sp³-hybridized carbons (Fsp3) is 0.562. The van der Waals surface area contributed by atoms with Crippen molar-refractivity contribution in [2.45, 2.75) is 26.8 Å². The third kappa shape index (κ3) is 6.96. The first-order valence-corrected chi connectivity index (χ1v) is 8.01. The quantitative estimate of drug-likeness (QED) is 0.778. The third-order valence-electron chi connectivity index (χ3n) is 2.96. The molecule has 0 aliphatic rings. The van der Waals surface area contributed by atoms with Crippen LogP contribution < -0.4 is 10.1 Å². The molecule has 21 heavy (non-hydrogen) atoms. The molecule has 0 radical (unpaired) electrons. The number of carbonyl (C=O) groups is 1. The molecular formula is C16H25BrN2O2. The van der Waals surface area contributed by atoms with E-state index in [2.05, 4.69) is 41.2 Å². The van der Waals surface area contributed by atoms with E-state index in [1.165, 1.54) is 0 Å². The van der Waals surface area contributed by atoms with Gasteiger partial charge in [-0.1, -0.05) is 29.8 Å². The summed E-state index contributed by atoms with van der Waals surface area (Å²) in [6.45, 7) is 6.48. The SMILES string of the molecule is CC(C)CNCc1cc(Br)ccc1OCCC(=O)N(C)C. The Morgan fingerprint density at radius 2 is 2.10 bits per heavy atom. The molecule has 0 aliphatic carbocycles. The van der Waals surface area contributed by atoms with Gasteiger partial charge in [-0.25, -0.2) is 0 Å². The minimum Gasteiger partial charge on any atom is -0.493 e. The average Bonchev–Trinajstić information content (AvgIpc) is 2.40. The van der Waals surface area contributed by atoms with Crippen molar-refractivity contribution in [3.05, 3.63) is 28.2 Å². The van der Waals surface area contributed by atoms with Crippen molar-refractivity contribution < 1.29 is 9.53 Å². The summed E-state index contributed by atoms with van der Waals surface area (Å²) in [6, 6.07) is 5.95. The standard InChI is InChI=1S/C16H25BrN2O2/c1-12(2)10-18-11-13-9-14(17)5-6-15(13)21-8-7-16(20)19(3)4/h5-6,9,12,18H,7-8,10-11H2,1-4H3. The Morgan fingerprint density at radius 3 is 2.71 bits per heavy atom. The Labute approximate surface area is 136 Å². The summed E-state index contributed by atoms with van der Waals surface area (Å²) in [5, 5.41) is 3.41. The van der Waals surface area contributed by atoms with Gasteiger partial charge in [-0.3, -0.25) is 4.79 Å². The topological polar surface area (TPSA) is 41.6 Å². The average molecular weight is 357 g/mol. The Morgan fingerprint density at radius 1 is 1.38 bits per heavy atom. The van der Waals surface area contributed by atoms with Crippen LogP contribution in [-0.4, -0.2) is 38.1 Å². The van der Waals surface area contributed by atoms with Crippen LogP contribution in [0, 0.1) is 5.92 Å². The fourth-order valence-electron chi connectivity index (χ4n) is 1.79. The van der Waals surface area contributed by atoms with E-state index in [1.807, 2.05) is 12.1 Å². The molecule has 0 saturated heterocycles. The minimum absolute atomic E-state index is 0.0756. The smallest absolute Gasteiger partial charge is 0.225 e. The first-order valence-electron chi connectivity index (χ1n) is 7.22. The molecular weight excluding hydrogens is 332 g/mol. The van der Waals surface area contributed by atoms with Crippen molar-refractivity contribution in [2.24, 2.45) is 5.92 Å². The first kappa shape index (κ1) is 18.0. The van der Waals surface area contributed by atoms with Gasteiger partial charge in [-0.2, -0.15) is 0 Å². The maximum Gasteiger partial charge on any atom is 0.225 e. The van der Waals surface area contributed by atoms with Crippen LogP contribution in [0.4, 0.5) is 0 Å². The molecule has 0 atom stereocenters. The van der Waals surface area contributed by atoms with Crippen molar-refractivity contribution in [3.63, 3.8) is 0 Å². The van der Waals surface area contributed by atoms with Crippen molar-refractivity contribution >= 4 is 21.8 Å². The molecule has 1 amide bonds. The summed E-state index contributed by atoms with van der Waals surface area (Å²) in [5.74, 6) is 1.52. The zero-order chi connectivity index (χ0) is 15.8. The van der Waals surface area contributed by atoms with Crippen LogP contribution in [0.2, 0.25) is 0 Å². The molecule has 1 rings (SSSR count). The van der Waals surface area contributed by atoms with Gasteiger partial charge >= 0.3 is 0 Å². The lowest BCUT2D eigenvalue weighted by atomic mass is 10.2. The van der Waals surface area contributed by atoms with Crippen molar-refractivity contribution in [3.8, 4) is 5.75 Å². The van der Waals surface area contributed by atoms with Crippen LogP contribution in [0.25, 0.3) is 0 Å². The third-order valence-corrected chi connectivity index (χ3v) is 3.46. The van der Waals surface area contributed by atoms with Gasteiger partial charge in [0.15, 0.2) is 0 Å². The Bertz CT molecular complexity index is 462. The molecule has 0 heterocycles. The summed E-state index contributed by atoms with van der Waals surface area (Å²) >= 11 is 3.48. The molecule has 0 aromatic heterocycles. The molecule has 118 valence electrons. The Hall–Kier alpha value is -1.07. The maximum atomic E-state index is 11.5. The molecule has 5 heteroatoms. The summed E-state index contributed by atoms with van der Waals surface area (Å²) in [7, 11) is 3.51.